The minimum atomic E-state index is -0.759. The summed E-state index contributed by atoms with van der Waals surface area (Å²) in [5, 5.41) is 14.9. The van der Waals surface area contributed by atoms with Crippen LogP contribution in [0.5, 0.6) is 0 Å². The van der Waals surface area contributed by atoms with Crippen molar-refractivity contribution in [3.05, 3.63) is 40.4 Å². The molecule has 5 N–H and O–H groups in total. The molecule has 2 rings (SSSR count). The molecule has 1 aromatic carbocycles. The molecular weight excluding hydrogens is 454 g/mol. The van der Waals surface area contributed by atoms with Crippen LogP contribution in [-0.2, 0) is 25.8 Å². The van der Waals surface area contributed by atoms with Gasteiger partial charge in [-0.1, -0.05) is 46.3 Å². The van der Waals surface area contributed by atoms with E-state index in [1.807, 2.05) is 34.6 Å². The number of aromatic nitrogens is 2. The van der Waals surface area contributed by atoms with E-state index in [9.17, 15) is 14.4 Å². The molecule has 11 heteroatoms. The van der Waals surface area contributed by atoms with E-state index in [1.54, 1.807) is 23.8 Å². The first-order chi connectivity index (χ1) is 16.5. The molecule has 0 aliphatic heterocycles. The van der Waals surface area contributed by atoms with Gasteiger partial charge in [-0.3, -0.25) is 24.4 Å². The number of nitrogens with one attached hydrogen (secondary N) is 4. The van der Waals surface area contributed by atoms with Crippen LogP contribution < -0.4 is 21.8 Å². The quantitative estimate of drug-likeness (QED) is 0.281. The molecule has 0 aliphatic carbocycles. The van der Waals surface area contributed by atoms with Crippen LogP contribution in [0.2, 0.25) is 0 Å². The summed E-state index contributed by atoms with van der Waals surface area (Å²) >= 11 is 0. The molecule has 194 valence electrons. The van der Waals surface area contributed by atoms with E-state index in [-0.39, 0.29) is 36.5 Å². The Balaban J connectivity index is 2.29. The standard InChI is InChI=1S/C24H37N5O6/c1-14(2)9-17(22(31)28-20(23(32)25-6)24(3,4)5)19(12-35-29-33)34-11-15-7-8-18-16(10-15)21(30)27-13-26-18/h7-8,10,13-14,17,19-20,29,33H,9,11-12H2,1-6H3,(H,25,32)(H,28,31)(H,26,27,30). The van der Waals surface area contributed by atoms with Crippen molar-refractivity contribution in [1.82, 2.24) is 26.2 Å². The van der Waals surface area contributed by atoms with E-state index in [0.29, 0.717) is 22.9 Å². The van der Waals surface area contributed by atoms with Crippen LogP contribution in [0, 0.1) is 17.3 Å². The number of ether oxygens (including phenoxy) is 1. The van der Waals surface area contributed by atoms with Crippen LogP contribution in [0.25, 0.3) is 10.9 Å². The highest BCUT2D eigenvalue weighted by Crippen LogP contribution is 2.24. The number of nitrogens with zero attached hydrogens (tertiary/aromatic N) is 1. The molecule has 0 bridgehead atoms. The first kappa shape index (κ1) is 28.4. The van der Waals surface area contributed by atoms with Crippen molar-refractivity contribution >= 4 is 22.7 Å². The summed E-state index contributed by atoms with van der Waals surface area (Å²) in [6, 6.07) is 4.43. The van der Waals surface area contributed by atoms with Crippen LogP contribution in [0.4, 0.5) is 0 Å². The van der Waals surface area contributed by atoms with Crippen molar-refractivity contribution in [1.29, 1.82) is 0 Å². The zero-order chi connectivity index (χ0) is 26.2. The van der Waals surface area contributed by atoms with Gasteiger partial charge in [0.15, 0.2) is 0 Å². The summed E-state index contributed by atoms with van der Waals surface area (Å²) in [5.74, 6) is -1.19. The molecule has 1 heterocycles. The zero-order valence-corrected chi connectivity index (χ0v) is 21.2. The number of carbonyl (C=O) groups excluding carboxylic acids is 2. The Hall–Kier alpha value is -2.86. The molecule has 2 aromatic rings. The Bertz CT molecular complexity index is 1050. The Morgan fingerprint density at radius 1 is 1.20 bits per heavy atom. The Morgan fingerprint density at radius 2 is 1.91 bits per heavy atom. The predicted molar refractivity (Wildman–Crippen MR) is 130 cm³/mol. The molecule has 2 amide bonds. The molecule has 35 heavy (non-hydrogen) atoms. The van der Waals surface area contributed by atoms with Crippen molar-refractivity contribution in [3.8, 4) is 0 Å². The molecule has 0 saturated carbocycles. The van der Waals surface area contributed by atoms with Gasteiger partial charge in [-0.15, -0.1) is 0 Å². The summed E-state index contributed by atoms with van der Waals surface area (Å²) < 4.78 is 6.09. The smallest absolute Gasteiger partial charge is 0.258 e. The van der Waals surface area contributed by atoms with Gasteiger partial charge in [-0.25, -0.2) is 4.98 Å². The van der Waals surface area contributed by atoms with Gasteiger partial charge in [0.05, 0.1) is 42.5 Å². The average molecular weight is 492 g/mol. The number of H-pyrrole nitrogens is 1. The lowest BCUT2D eigenvalue weighted by Crippen LogP contribution is -2.55. The van der Waals surface area contributed by atoms with Gasteiger partial charge in [0, 0.05) is 7.05 Å². The lowest BCUT2D eigenvalue weighted by Gasteiger charge is -2.33. The maximum atomic E-state index is 13.4. The van der Waals surface area contributed by atoms with Crippen molar-refractivity contribution in [2.24, 2.45) is 17.3 Å². The summed E-state index contributed by atoms with van der Waals surface area (Å²) in [7, 11) is 1.52. The third-order valence-electron chi connectivity index (χ3n) is 5.65. The molecule has 0 aliphatic rings. The molecular formula is C24H37N5O6. The second kappa shape index (κ2) is 12.7. The number of hydrogen-bond acceptors (Lipinski definition) is 8. The van der Waals surface area contributed by atoms with E-state index in [2.05, 4.69) is 20.6 Å². The van der Waals surface area contributed by atoms with Crippen LogP contribution in [-0.4, -0.2) is 52.8 Å². The van der Waals surface area contributed by atoms with Gasteiger partial charge < -0.3 is 20.4 Å². The van der Waals surface area contributed by atoms with E-state index in [0.717, 1.165) is 0 Å². The molecule has 0 radical (unpaired) electrons. The first-order valence-electron chi connectivity index (χ1n) is 11.6. The molecule has 0 spiro atoms. The maximum Gasteiger partial charge on any atom is 0.258 e. The number of hydrogen-bond donors (Lipinski definition) is 5. The molecule has 0 saturated heterocycles. The van der Waals surface area contributed by atoms with Crippen molar-refractivity contribution in [2.45, 2.75) is 59.8 Å². The largest absolute Gasteiger partial charge is 0.370 e. The van der Waals surface area contributed by atoms with Gasteiger partial charge in [0.2, 0.25) is 11.8 Å². The van der Waals surface area contributed by atoms with Gasteiger partial charge in [-0.05, 0) is 35.4 Å². The number of carbonyl (C=O) groups is 2. The molecule has 11 nitrogen and oxygen atoms in total. The fourth-order valence-corrected chi connectivity index (χ4v) is 3.81. The monoisotopic (exact) mass is 491 g/mol. The van der Waals surface area contributed by atoms with Gasteiger partial charge >= 0.3 is 0 Å². The number of fused-ring (bicyclic) bond motifs is 1. The van der Waals surface area contributed by atoms with Gasteiger partial charge in [-0.2, -0.15) is 0 Å². The number of benzene rings is 1. The first-order valence-corrected chi connectivity index (χ1v) is 11.6. The zero-order valence-electron chi connectivity index (χ0n) is 21.2. The fraction of sp³-hybridized carbons (Fsp3) is 0.583. The lowest BCUT2D eigenvalue weighted by molar-refractivity contribution is -0.170. The minimum absolute atomic E-state index is 0.0871. The summed E-state index contributed by atoms with van der Waals surface area (Å²) in [6.45, 7) is 9.52. The third kappa shape index (κ3) is 8.10. The normalized spacial score (nSPS) is 14.5. The van der Waals surface area contributed by atoms with Crippen LogP contribution >= 0.6 is 0 Å². The Morgan fingerprint density at radius 3 is 2.51 bits per heavy atom. The second-order valence-corrected chi connectivity index (χ2v) is 9.99. The third-order valence-corrected chi connectivity index (χ3v) is 5.65. The number of amides is 2. The van der Waals surface area contributed by atoms with Crippen LogP contribution in [0.1, 0.15) is 46.6 Å². The lowest BCUT2D eigenvalue weighted by atomic mass is 9.84. The Labute approximate surface area is 204 Å². The van der Waals surface area contributed by atoms with Crippen molar-refractivity contribution < 1.29 is 24.4 Å². The molecule has 0 fully saturated rings. The fourth-order valence-electron chi connectivity index (χ4n) is 3.81. The van der Waals surface area contributed by atoms with Crippen LogP contribution in [0.3, 0.4) is 0 Å². The Kier molecular flexibility index (Phi) is 10.3. The van der Waals surface area contributed by atoms with Crippen molar-refractivity contribution in [2.75, 3.05) is 13.7 Å². The van der Waals surface area contributed by atoms with Gasteiger partial charge in [0.1, 0.15) is 6.04 Å². The maximum absolute atomic E-state index is 13.4. The summed E-state index contributed by atoms with van der Waals surface area (Å²) in [6.07, 6.45) is 1.04. The van der Waals surface area contributed by atoms with E-state index in [1.165, 1.54) is 13.4 Å². The van der Waals surface area contributed by atoms with Crippen molar-refractivity contribution in [3.63, 3.8) is 0 Å². The van der Waals surface area contributed by atoms with Gasteiger partial charge in [0.25, 0.3) is 5.56 Å². The predicted octanol–water partition coefficient (Wildman–Crippen LogP) is 1.66. The summed E-state index contributed by atoms with van der Waals surface area (Å²) in [4.78, 5) is 49.7. The highest BCUT2D eigenvalue weighted by Gasteiger charge is 2.37. The second-order valence-electron chi connectivity index (χ2n) is 9.99. The van der Waals surface area contributed by atoms with E-state index >= 15 is 0 Å². The average Bonchev–Trinajstić information content (AvgIpc) is 2.80. The van der Waals surface area contributed by atoms with E-state index in [4.69, 9.17) is 14.8 Å². The topological polar surface area (TPSA) is 155 Å². The molecule has 3 unspecified atom stereocenters. The minimum Gasteiger partial charge on any atom is -0.370 e. The highest BCUT2D eigenvalue weighted by atomic mass is 16.8. The number of likely N-dealkylation sites (N-methyl/N-ethyl adjacent to an activating group) is 1. The number of aromatic amines is 1. The number of rotatable bonds is 12. The molecule has 3 atom stereocenters. The highest BCUT2D eigenvalue weighted by molar-refractivity contribution is 5.89. The summed E-state index contributed by atoms with van der Waals surface area (Å²) in [5.41, 5.74) is 2.12. The van der Waals surface area contributed by atoms with E-state index < -0.39 is 23.5 Å². The SMILES string of the molecule is CNC(=O)C(NC(=O)C(CC(C)C)C(CONO)OCc1ccc2nc[nH]c(=O)c2c1)C(C)(C)C. The molecule has 1 aromatic heterocycles. The van der Waals surface area contributed by atoms with Crippen LogP contribution in [0.15, 0.2) is 29.3 Å².